The van der Waals surface area contributed by atoms with Crippen molar-refractivity contribution in [2.75, 3.05) is 0 Å². The zero-order valence-electron chi connectivity index (χ0n) is 11.2. The first-order valence-corrected chi connectivity index (χ1v) is 6.38. The summed E-state index contributed by atoms with van der Waals surface area (Å²) in [5, 5.41) is 9.11. The van der Waals surface area contributed by atoms with Crippen LogP contribution >= 0.6 is 0 Å². The molecule has 0 aliphatic heterocycles. The van der Waals surface area contributed by atoms with Crippen LogP contribution in [-0.4, -0.2) is 16.2 Å². The van der Waals surface area contributed by atoms with Crippen molar-refractivity contribution in [3.05, 3.63) is 64.7 Å². The van der Waals surface area contributed by atoms with Gasteiger partial charge in [0, 0.05) is 5.39 Å². The van der Waals surface area contributed by atoms with Crippen LogP contribution < -0.4 is 10.3 Å². The first kappa shape index (κ1) is 13.8. The smallest absolute Gasteiger partial charge is 0.449 e. The number of halogens is 1. The molecule has 0 amide bonds. The highest BCUT2D eigenvalue weighted by Crippen LogP contribution is 2.33. The third-order valence-corrected chi connectivity index (χ3v) is 3.18. The summed E-state index contributed by atoms with van der Waals surface area (Å²) in [4.78, 5) is 25.9. The number of hydrogen-bond donors (Lipinski definition) is 2. The summed E-state index contributed by atoms with van der Waals surface area (Å²) in [6, 6.07) is 12.1. The van der Waals surface area contributed by atoms with Crippen molar-refractivity contribution in [3.63, 3.8) is 0 Å². The molecule has 0 unspecified atom stereocenters. The normalized spacial score (nSPS) is 10.6. The fourth-order valence-electron chi connectivity index (χ4n) is 2.30. The summed E-state index contributed by atoms with van der Waals surface area (Å²) in [5.74, 6) is -0.745. The number of aromatic amines is 1. The minimum absolute atomic E-state index is 0.0427. The Morgan fingerprint density at radius 1 is 1.14 bits per heavy atom. The topological polar surface area (TPSA) is 79.4 Å². The minimum Gasteiger partial charge on any atom is -0.449 e. The molecular weight excluding hydrogens is 289 g/mol. The summed E-state index contributed by atoms with van der Waals surface area (Å²) in [6.07, 6.45) is -1.58. The Kier molecular flexibility index (Phi) is 3.34. The lowest BCUT2D eigenvalue weighted by Crippen LogP contribution is -2.14. The molecule has 22 heavy (non-hydrogen) atoms. The van der Waals surface area contributed by atoms with E-state index >= 15 is 0 Å². The summed E-state index contributed by atoms with van der Waals surface area (Å²) < 4.78 is 18.3. The lowest BCUT2D eigenvalue weighted by atomic mass is 10.0. The number of carboxylic acid groups (broad SMARTS) is 1. The quantitative estimate of drug-likeness (QED) is 0.711. The maximum atomic E-state index is 13.5. The van der Waals surface area contributed by atoms with Gasteiger partial charge in [-0.05, 0) is 23.8 Å². The molecule has 0 aliphatic rings. The van der Waals surface area contributed by atoms with E-state index in [2.05, 4.69) is 4.98 Å². The van der Waals surface area contributed by atoms with Gasteiger partial charge in [-0.2, -0.15) is 0 Å². The highest BCUT2D eigenvalue weighted by Gasteiger charge is 2.18. The van der Waals surface area contributed by atoms with Crippen LogP contribution in [0.25, 0.3) is 22.0 Å². The van der Waals surface area contributed by atoms with E-state index in [1.54, 1.807) is 30.3 Å². The molecule has 0 spiro atoms. The molecule has 5 nitrogen and oxygen atoms in total. The van der Waals surface area contributed by atoms with E-state index in [-0.39, 0.29) is 16.7 Å². The molecule has 2 N–H and O–H groups in total. The maximum absolute atomic E-state index is 13.5. The zero-order valence-corrected chi connectivity index (χ0v) is 11.2. The van der Waals surface area contributed by atoms with Crippen LogP contribution in [0.1, 0.15) is 0 Å². The highest BCUT2D eigenvalue weighted by atomic mass is 19.1. The fraction of sp³-hybridized carbons (Fsp3) is 0. The summed E-state index contributed by atoms with van der Waals surface area (Å²) >= 11 is 0. The van der Waals surface area contributed by atoms with Gasteiger partial charge in [-0.3, -0.25) is 4.79 Å². The molecule has 0 bridgehead atoms. The van der Waals surface area contributed by atoms with Gasteiger partial charge < -0.3 is 14.8 Å². The fourth-order valence-corrected chi connectivity index (χ4v) is 2.30. The van der Waals surface area contributed by atoms with Gasteiger partial charge >= 0.3 is 6.16 Å². The van der Waals surface area contributed by atoms with Gasteiger partial charge in [-0.15, -0.1) is 0 Å². The average molecular weight is 299 g/mol. The molecule has 3 rings (SSSR count). The predicted octanol–water partition coefficient (Wildman–Crippen LogP) is 3.39. The van der Waals surface area contributed by atoms with E-state index in [9.17, 15) is 14.0 Å². The van der Waals surface area contributed by atoms with Crippen LogP contribution in [0.2, 0.25) is 0 Å². The third kappa shape index (κ3) is 2.42. The second-order valence-electron chi connectivity index (χ2n) is 4.58. The maximum Gasteiger partial charge on any atom is 0.511 e. The SMILES string of the molecule is O=C(O)Oc1c(-c2ccccc2)c(=O)[nH]c2ccc(F)cc12. The largest absolute Gasteiger partial charge is 0.511 e. The number of ether oxygens (including phenoxy) is 1. The molecule has 2 aromatic carbocycles. The number of rotatable bonds is 2. The van der Waals surface area contributed by atoms with Crippen LogP contribution in [-0.2, 0) is 0 Å². The van der Waals surface area contributed by atoms with E-state index in [0.717, 1.165) is 6.07 Å². The van der Waals surface area contributed by atoms with Gasteiger partial charge in [0.15, 0.2) is 5.75 Å². The number of aromatic nitrogens is 1. The van der Waals surface area contributed by atoms with E-state index in [1.807, 2.05) is 0 Å². The Labute approximate surface area is 123 Å². The molecule has 0 aliphatic carbocycles. The van der Waals surface area contributed by atoms with Crippen molar-refractivity contribution < 1.29 is 19.0 Å². The molecule has 0 atom stereocenters. The number of benzene rings is 2. The second kappa shape index (κ2) is 5.33. The first-order valence-electron chi connectivity index (χ1n) is 6.38. The Bertz CT molecular complexity index is 919. The van der Waals surface area contributed by atoms with Gasteiger partial charge in [-0.25, -0.2) is 9.18 Å². The van der Waals surface area contributed by atoms with E-state index < -0.39 is 17.5 Å². The van der Waals surface area contributed by atoms with E-state index in [1.165, 1.54) is 12.1 Å². The standard InChI is InChI=1S/C16H10FNO4/c17-10-6-7-12-11(8-10)14(22-16(20)21)13(15(19)18-12)9-4-2-1-3-5-9/h1-8H,(H,18,19)(H,20,21). The van der Waals surface area contributed by atoms with Crippen molar-refractivity contribution in [1.29, 1.82) is 0 Å². The van der Waals surface area contributed by atoms with Gasteiger partial charge in [0.25, 0.3) is 5.56 Å². The number of hydrogen-bond acceptors (Lipinski definition) is 3. The van der Waals surface area contributed by atoms with Crippen LogP contribution in [0.4, 0.5) is 9.18 Å². The molecule has 0 fully saturated rings. The summed E-state index contributed by atoms with van der Waals surface area (Å²) in [5.41, 5.74) is 0.302. The first-order chi connectivity index (χ1) is 10.6. The molecule has 6 heteroatoms. The molecule has 0 radical (unpaired) electrons. The van der Waals surface area contributed by atoms with Gasteiger partial charge in [-0.1, -0.05) is 30.3 Å². The van der Waals surface area contributed by atoms with Gasteiger partial charge in [0.05, 0.1) is 11.1 Å². The minimum atomic E-state index is -1.58. The third-order valence-electron chi connectivity index (χ3n) is 3.18. The number of fused-ring (bicyclic) bond motifs is 1. The molecule has 3 aromatic rings. The van der Waals surface area contributed by atoms with Crippen molar-refractivity contribution in [1.82, 2.24) is 4.98 Å². The number of H-pyrrole nitrogens is 1. The number of pyridine rings is 1. The molecule has 0 saturated heterocycles. The monoisotopic (exact) mass is 299 g/mol. The van der Waals surface area contributed by atoms with Crippen molar-refractivity contribution >= 4 is 17.1 Å². The molecule has 0 saturated carbocycles. The molecule has 110 valence electrons. The summed E-state index contributed by atoms with van der Waals surface area (Å²) in [7, 11) is 0. The van der Waals surface area contributed by atoms with Crippen LogP contribution in [0.3, 0.4) is 0 Å². The second-order valence-corrected chi connectivity index (χ2v) is 4.58. The van der Waals surface area contributed by atoms with Crippen LogP contribution in [0, 0.1) is 5.82 Å². The van der Waals surface area contributed by atoms with Crippen molar-refractivity contribution in [3.8, 4) is 16.9 Å². The Hall–Kier alpha value is -3.15. The molecule has 1 aromatic heterocycles. The van der Waals surface area contributed by atoms with E-state index in [4.69, 9.17) is 9.84 Å². The zero-order chi connectivity index (χ0) is 15.7. The molecule has 1 heterocycles. The predicted molar refractivity (Wildman–Crippen MR) is 78.6 cm³/mol. The van der Waals surface area contributed by atoms with Gasteiger partial charge in [0.2, 0.25) is 0 Å². The van der Waals surface area contributed by atoms with Gasteiger partial charge in [0.1, 0.15) is 5.82 Å². The Morgan fingerprint density at radius 3 is 2.55 bits per heavy atom. The van der Waals surface area contributed by atoms with Crippen LogP contribution in [0.15, 0.2) is 53.3 Å². The lowest BCUT2D eigenvalue weighted by molar-refractivity contribution is 0.145. The summed E-state index contributed by atoms with van der Waals surface area (Å²) in [6.45, 7) is 0. The Morgan fingerprint density at radius 2 is 1.86 bits per heavy atom. The van der Waals surface area contributed by atoms with Crippen LogP contribution in [0.5, 0.6) is 5.75 Å². The number of nitrogens with one attached hydrogen (secondary N) is 1. The Balaban J connectivity index is 2.42. The van der Waals surface area contributed by atoms with Crippen molar-refractivity contribution in [2.45, 2.75) is 0 Å². The highest BCUT2D eigenvalue weighted by molar-refractivity contribution is 5.93. The lowest BCUT2D eigenvalue weighted by Gasteiger charge is -2.11. The van der Waals surface area contributed by atoms with Crippen molar-refractivity contribution in [2.24, 2.45) is 0 Å². The molecular formula is C16H10FNO4. The van der Waals surface area contributed by atoms with E-state index in [0.29, 0.717) is 11.1 Å². The number of carbonyl (C=O) groups is 1. The average Bonchev–Trinajstić information content (AvgIpc) is 2.48.